The van der Waals surface area contributed by atoms with Crippen molar-refractivity contribution in [2.45, 2.75) is 32.5 Å². The van der Waals surface area contributed by atoms with E-state index in [0.29, 0.717) is 5.92 Å². The second kappa shape index (κ2) is 4.89. The van der Waals surface area contributed by atoms with Crippen LogP contribution in [-0.4, -0.2) is 19.8 Å². The first kappa shape index (κ1) is 12.5. The van der Waals surface area contributed by atoms with Gasteiger partial charge in [0.05, 0.1) is 13.2 Å². The summed E-state index contributed by atoms with van der Waals surface area (Å²) >= 11 is 0. The van der Waals surface area contributed by atoms with E-state index in [0.717, 1.165) is 30.1 Å². The molecule has 19 heavy (non-hydrogen) atoms. The molecule has 3 nitrogen and oxygen atoms in total. The van der Waals surface area contributed by atoms with Crippen molar-refractivity contribution in [3.8, 4) is 11.5 Å². The smallest absolute Gasteiger partial charge is 0.167 e. The van der Waals surface area contributed by atoms with Gasteiger partial charge < -0.3 is 14.2 Å². The van der Waals surface area contributed by atoms with E-state index in [1.165, 1.54) is 5.57 Å². The summed E-state index contributed by atoms with van der Waals surface area (Å²) in [5.74, 6) is 2.05. The van der Waals surface area contributed by atoms with Crippen LogP contribution in [0.3, 0.4) is 0 Å². The summed E-state index contributed by atoms with van der Waals surface area (Å²) in [5.41, 5.74) is 2.39. The van der Waals surface area contributed by atoms with Crippen LogP contribution in [0.5, 0.6) is 11.5 Å². The molecule has 3 heteroatoms. The molecule has 1 fully saturated rings. The van der Waals surface area contributed by atoms with Gasteiger partial charge in [-0.1, -0.05) is 18.2 Å². The van der Waals surface area contributed by atoms with Crippen molar-refractivity contribution in [2.24, 2.45) is 5.92 Å². The summed E-state index contributed by atoms with van der Waals surface area (Å²) in [5, 5.41) is 0. The molecule has 3 rings (SSSR count). The van der Waals surface area contributed by atoms with Crippen LogP contribution in [0.1, 0.15) is 31.9 Å². The molecular formula is C16H20O3. The Bertz CT molecular complexity index is 507. The fourth-order valence-electron chi connectivity index (χ4n) is 3.09. The van der Waals surface area contributed by atoms with Gasteiger partial charge in [0.2, 0.25) is 0 Å². The Labute approximate surface area is 114 Å². The van der Waals surface area contributed by atoms with Gasteiger partial charge in [-0.3, -0.25) is 0 Å². The average Bonchev–Trinajstić information content (AvgIpc) is 2.94. The van der Waals surface area contributed by atoms with E-state index in [4.69, 9.17) is 14.2 Å². The lowest BCUT2D eigenvalue weighted by Crippen LogP contribution is -2.35. The summed E-state index contributed by atoms with van der Waals surface area (Å²) in [4.78, 5) is 0. The number of rotatable bonds is 2. The largest absolute Gasteiger partial charge is 0.493 e. The summed E-state index contributed by atoms with van der Waals surface area (Å²) < 4.78 is 17.6. The van der Waals surface area contributed by atoms with Crippen molar-refractivity contribution in [2.75, 3.05) is 13.7 Å². The molecule has 0 N–H and O–H groups in total. The molecular weight excluding hydrogens is 240 g/mol. The minimum atomic E-state index is 0.0984. The zero-order valence-corrected chi connectivity index (χ0v) is 11.7. The van der Waals surface area contributed by atoms with Crippen LogP contribution in [0.4, 0.5) is 0 Å². The number of para-hydroxylation sites is 1. The van der Waals surface area contributed by atoms with E-state index in [1.54, 1.807) is 7.11 Å². The van der Waals surface area contributed by atoms with Gasteiger partial charge in [0, 0.05) is 18.1 Å². The van der Waals surface area contributed by atoms with Gasteiger partial charge in [0.1, 0.15) is 6.10 Å². The SMILES string of the molecule is C/C=C(\C)[C@H]1Oc2c(OC)cccc2[C@H]2OCC[C@H]12. The molecule has 0 amide bonds. The Morgan fingerprint density at radius 3 is 3.00 bits per heavy atom. The maximum atomic E-state index is 6.25. The normalized spacial score (nSPS) is 29.4. The highest BCUT2D eigenvalue weighted by Crippen LogP contribution is 2.50. The highest BCUT2D eigenvalue weighted by molar-refractivity contribution is 5.50. The van der Waals surface area contributed by atoms with Crippen molar-refractivity contribution >= 4 is 0 Å². The van der Waals surface area contributed by atoms with Gasteiger partial charge in [0.25, 0.3) is 0 Å². The first-order valence-electron chi connectivity index (χ1n) is 6.84. The standard InChI is InChI=1S/C16H20O3/c1-4-10(2)14-12-8-9-18-15(12)11-6-5-7-13(17-3)16(11)19-14/h4-7,12,14-15H,8-9H2,1-3H3/b10-4+/t12-,14-,15-/m1/s1. The maximum absolute atomic E-state index is 6.25. The van der Waals surface area contributed by atoms with E-state index in [9.17, 15) is 0 Å². The van der Waals surface area contributed by atoms with Gasteiger partial charge in [-0.2, -0.15) is 0 Å². The lowest BCUT2D eigenvalue weighted by atomic mass is 9.84. The van der Waals surface area contributed by atoms with Crippen molar-refractivity contribution in [1.29, 1.82) is 0 Å². The van der Waals surface area contributed by atoms with Crippen LogP contribution in [-0.2, 0) is 4.74 Å². The third-order valence-corrected chi connectivity index (χ3v) is 4.21. The minimum Gasteiger partial charge on any atom is -0.493 e. The van der Waals surface area contributed by atoms with Crippen LogP contribution >= 0.6 is 0 Å². The summed E-state index contributed by atoms with van der Waals surface area (Å²) in [6.07, 6.45) is 3.41. The van der Waals surface area contributed by atoms with Gasteiger partial charge >= 0.3 is 0 Å². The average molecular weight is 260 g/mol. The number of hydrogen-bond donors (Lipinski definition) is 0. The van der Waals surface area contributed by atoms with Gasteiger partial charge in [0.15, 0.2) is 11.5 Å². The number of methoxy groups -OCH3 is 1. The van der Waals surface area contributed by atoms with Crippen molar-refractivity contribution in [3.05, 3.63) is 35.4 Å². The molecule has 2 heterocycles. The molecule has 0 saturated carbocycles. The monoisotopic (exact) mass is 260 g/mol. The number of ether oxygens (including phenoxy) is 3. The highest BCUT2D eigenvalue weighted by atomic mass is 16.5. The van der Waals surface area contributed by atoms with Gasteiger partial charge in [-0.25, -0.2) is 0 Å². The van der Waals surface area contributed by atoms with Crippen LogP contribution in [0.2, 0.25) is 0 Å². The molecule has 1 saturated heterocycles. The fourth-order valence-corrected chi connectivity index (χ4v) is 3.09. The highest BCUT2D eigenvalue weighted by Gasteiger charge is 2.43. The van der Waals surface area contributed by atoms with Crippen LogP contribution < -0.4 is 9.47 Å². The molecule has 0 unspecified atom stereocenters. The second-order valence-electron chi connectivity index (χ2n) is 5.19. The number of hydrogen-bond acceptors (Lipinski definition) is 3. The molecule has 0 aliphatic carbocycles. The minimum absolute atomic E-state index is 0.0984. The number of fused-ring (bicyclic) bond motifs is 3. The molecule has 0 spiro atoms. The van der Waals surface area contributed by atoms with E-state index in [2.05, 4.69) is 26.0 Å². The molecule has 0 aromatic heterocycles. The summed E-state index contributed by atoms with van der Waals surface area (Å²) in [6, 6.07) is 6.03. The molecule has 0 bridgehead atoms. The fraction of sp³-hybridized carbons (Fsp3) is 0.500. The molecule has 0 radical (unpaired) electrons. The Morgan fingerprint density at radius 1 is 1.42 bits per heavy atom. The Morgan fingerprint density at radius 2 is 2.26 bits per heavy atom. The first-order chi connectivity index (χ1) is 9.26. The topological polar surface area (TPSA) is 27.7 Å². The number of benzene rings is 1. The number of allylic oxidation sites excluding steroid dienone is 1. The van der Waals surface area contributed by atoms with E-state index in [-0.39, 0.29) is 12.2 Å². The lowest BCUT2D eigenvalue weighted by molar-refractivity contribution is 0.0308. The first-order valence-corrected chi connectivity index (χ1v) is 6.84. The third-order valence-electron chi connectivity index (χ3n) is 4.21. The molecule has 3 atom stereocenters. The Hall–Kier alpha value is -1.48. The zero-order chi connectivity index (χ0) is 13.4. The predicted octanol–water partition coefficient (Wildman–Crippen LogP) is 3.50. The van der Waals surface area contributed by atoms with E-state index >= 15 is 0 Å². The maximum Gasteiger partial charge on any atom is 0.167 e. The van der Waals surface area contributed by atoms with Crippen LogP contribution in [0.15, 0.2) is 29.8 Å². The van der Waals surface area contributed by atoms with Crippen molar-refractivity contribution < 1.29 is 14.2 Å². The Kier molecular flexibility index (Phi) is 3.23. The van der Waals surface area contributed by atoms with Gasteiger partial charge in [-0.15, -0.1) is 0 Å². The van der Waals surface area contributed by atoms with E-state index in [1.807, 2.05) is 12.1 Å². The molecule has 2 aliphatic rings. The Balaban J connectivity index is 2.08. The quantitative estimate of drug-likeness (QED) is 0.762. The second-order valence-corrected chi connectivity index (χ2v) is 5.19. The summed E-state index contributed by atoms with van der Waals surface area (Å²) in [7, 11) is 1.68. The van der Waals surface area contributed by atoms with Crippen LogP contribution in [0.25, 0.3) is 0 Å². The lowest BCUT2D eigenvalue weighted by Gasteiger charge is -2.36. The molecule has 2 aliphatic heterocycles. The molecule has 1 aromatic rings. The predicted molar refractivity (Wildman–Crippen MR) is 73.6 cm³/mol. The van der Waals surface area contributed by atoms with Crippen molar-refractivity contribution in [3.63, 3.8) is 0 Å². The molecule has 102 valence electrons. The van der Waals surface area contributed by atoms with Gasteiger partial charge in [-0.05, 0) is 31.9 Å². The third kappa shape index (κ3) is 1.93. The molecule has 1 aromatic carbocycles. The summed E-state index contributed by atoms with van der Waals surface area (Å²) in [6.45, 7) is 4.99. The van der Waals surface area contributed by atoms with E-state index < -0.39 is 0 Å². The van der Waals surface area contributed by atoms with Crippen molar-refractivity contribution in [1.82, 2.24) is 0 Å². The zero-order valence-electron chi connectivity index (χ0n) is 11.7. The van der Waals surface area contributed by atoms with Crippen LogP contribution in [0, 0.1) is 5.92 Å².